The summed E-state index contributed by atoms with van der Waals surface area (Å²) in [6.45, 7) is 5.86. The molecule has 0 radical (unpaired) electrons. The largest absolute Gasteiger partial charge is 0.418 e. The summed E-state index contributed by atoms with van der Waals surface area (Å²) in [7, 11) is 0. The summed E-state index contributed by atoms with van der Waals surface area (Å²) in [5, 5.41) is 12.5. The van der Waals surface area contributed by atoms with Crippen LogP contribution in [0.3, 0.4) is 0 Å². The Bertz CT molecular complexity index is 450. The third-order valence-corrected chi connectivity index (χ3v) is 3.51. The number of para-hydroxylation sites is 1. The van der Waals surface area contributed by atoms with Crippen molar-refractivity contribution in [1.82, 2.24) is 4.90 Å². The summed E-state index contributed by atoms with van der Waals surface area (Å²) in [5.41, 5.74) is -1.02. The molecule has 0 saturated carbocycles. The fourth-order valence-electron chi connectivity index (χ4n) is 2.00. The van der Waals surface area contributed by atoms with E-state index < -0.39 is 17.8 Å². The van der Waals surface area contributed by atoms with E-state index in [1.807, 2.05) is 18.7 Å². The van der Waals surface area contributed by atoms with Crippen LogP contribution in [-0.4, -0.2) is 42.3 Å². The van der Waals surface area contributed by atoms with Gasteiger partial charge in [-0.15, -0.1) is 0 Å². The van der Waals surface area contributed by atoms with Crippen LogP contribution in [0.4, 0.5) is 18.9 Å². The van der Waals surface area contributed by atoms with Crippen LogP contribution in [0.5, 0.6) is 0 Å². The maximum absolute atomic E-state index is 12.9. The SMILES string of the molecule is CCN(CC)CC(O)CNc1c(Cl)cccc1C(F)(F)F. The van der Waals surface area contributed by atoms with Crippen molar-refractivity contribution in [1.29, 1.82) is 0 Å². The zero-order valence-electron chi connectivity index (χ0n) is 12.0. The van der Waals surface area contributed by atoms with Gasteiger partial charge in [0.1, 0.15) is 0 Å². The molecule has 0 bridgehead atoms. The second-order valence-corrected chi connectivity index (χ2v) is 5.09. The molecule has 120 valence electrons. The van der Waals surface area contributed by atoms with Crippen LogP contribution in [0.15, 0.2) is 18.2 Å². The molecule has 0 amide bonds. The Morgan fingerprint density at radius 2 is 1.90 bits per heavy atom. The molecule has 0 saturated heterocycles. The van der Waals surface area contributed by atoms with Crippen molar-refractivity contribution < 1.29 is 18.3 Å². The molecule has 7 heteroatoms. The van der Waals surface area contributed by atoms with Gasteiger partial charge < -0.3 is 15.3 Å². The van der Waals surface area contributed by atoms with Crippen molar-refractivity contribution in [2.24, 2.45) is 0 Å². The first kappa shape index (κ1) is 18.1. The van der Waals surface area contributed by atoms with Gasteiger partial charge in [-0.05, 0) is 25.2 Å². The maximum Gasteiger partial charge on any atom is 0.418 e. The number of aliphatic hydroxyl groups excluding tert-OH is 1. The van der Waals surface area contributed by atoms with Crippen molar-refractivity contribution >= 4 is 17.3 Å². The lowest BCUT2D eigenvalue weighted by atomic mass is 10.1. The lowest BCUT2D eigenvalue weighted by Crippen LogP contribution is -2.36. The first-order chi connectivity index (χ1) is 9.79. The minimum atomic E-state index is -4.49. The van der Waals surface area contributed by atoms with E-state index in [0.717, 1.165) is 19.2 Å². The van der Waals surface area contributed by atoms with Crippen molar-refractivity contribution in [2.45, 2.75) is 26.1 Å². The van der Waals surface area contributed by atoms with Gasteiger partial charge in [-0.25, -0.2) is 0 Å². The van der Waals surface area contributed by atoms with Crippen LogP contribution in [0, 0.1) is 0 Å². The van der Waals surface area contributed by atoms with Crippen molar-refractivity contribution in [2.75, 3.05) is 31.5 Å². The molecule has 1 aromatic carbocycles. The quantitative estimate of drug-likeness (QED) is 0.806. The highest BCUT2D eigenvalue weighted by atomic mass is 35.5. The molecule has 1 atom stereocenters. The molecule has 0 spiro atoms. The smallest absolute Gasteiger partial charge is 0.390 e. The monoisotopic (exact) mass is 324 g/mol. The average Bonchev–Trinajstić information content (AvgIpc) is 2.42. The van der Waals surface area contributed by atoms with Gasteiger partial charge in [-0.1, -0.05) is 31.5 Å². The number of rotatable bonds is 7. The molecule has 2 N–H and O–H groups in total. The van der Waals surface area contributed by atoms with E-state index in [1.54, 1.807) is 0 Å². The molecular weight excluding hydrogens is 305 g/mol. The number of likely N-dealkylation sites (N-methyl/N-ethyl adjacent to an activating group) is 1. The normalized spacial score (nSPS) is 13.5. The Labute approximate surface area is 127 Å². The van der Waals surface area contributed by atoms with Crippen molar-refractivity contribution in [3.8, 4) is 0 Å². The van der Waals surface area contributed by atoms with Crippen LogP contribution >= 0.6 is 11.6 Å². The minimum Gasteiger partial charge on any atom is -0.390 e. The summed E-state index contributed by atoms with van der Waals surface area (Å²) in [6, 6.07) is 3.60. The number of alkyl halides is 3. The molecule has 0 fully saturated rings. The van der Waals surface area contributed by atoms with Crippen LogP contribution in [-0.2, 0) is 6.18 Å². The number of nitrogens with zero attached hydrogens (tertiary/aromatic N) is 1. The predicted octanol–water partition coefficient (Wildman–Crippen LogP) is 3.47. The lowest BCUT2D eigenvalue weighted by molar-refractivity contribution is -0.137. The molecular formula is C14H20ClF3N2O. The zero-order chi connectivity index (χ0) is 16.0. The zero-order valence-corrected chi connectivity index (χ0v) is 12.8. The summed E-state index contributed by atoms with van der Waals surface area (Å²) < 4.78 is 38.7. The van der Waals surface area contributed by atoms with Gasteiger partial charge >= 0.3 is 6.18 Å². The first-order valence-corrected chi connectivity index (χ1v) is 7.17. The minimum absolute atomic E-state index is 0.00329. The average molecular weight is 325 g/mol. The number of nitrogens with one attached hydrogen (secondary N) is 1. The Morgan fingerprint density at radius 3 is 2.43 bits per heavy atom. The van der Waals surface area contributed by atoms with Gasteiger partial charge in [-0.3, -0.25) is 0 Å². The predicted molar refractivity (Wildman–Crippen MR) is 78.7 cm³/mol. The van der Waals surface area contributed by atoms with E-state index in [-0.39, 0.29) is 17.3 Å². The highest BCUT2D eigenvalue weighted by molar-refractivity contribution is 6.33. The second-order valence-electron chi connectivity index (χ2n) is 4.68. The van der Waals surface area contributed by atoms with Gasteiger partial charge in [0.15, 0.2) is 0 Å². The Kier molecular flexibility index (Phi) is 6.77. The molecule has 0 aromatic heterocycles. The molecule has 1 rings (SSSR count). The van der Waals surface area contributed by atoms with Gasteiger partial charge in [0.25, 0.3) is 0 Å². The van der Waals surface area contributed by atoms with Gasteiger partial charge in [-0.2, -0.15) is 13.2 Å². The molecule has 21 heavy (non-hydrogen) atoms. The van der Waals surface area contributed by atoms with Gasteiger partial charge in [0.2, 0.25) is 0 Å². The topological polar surface area (TPSA) is 35.5 Å². The van der Waals surface area contributed by atoms with Crippen molar-refractivity contribution in [3.63, 3.8) is 0 Å². The summed E-state index contributed by atoms with van der Waals surface area (Å²) in [5.74, 6) is 0. The molecule has 1 unspecified atom stereocenters. The standard InChI is InChI=1S/C14H20ClF3N2O/c1-3-20(4-2)9-10(21)8-19-13-11(14(16,17)18)6-5-7-12(13)15/h5-7,10,19,21H,3-4,8-9H2,1-2H3. The third-order valence-electron chi connectivity index (χ3n) is 3.20. The highest BCUT2D eigenvalue weighted by Gasteiger charge is 2.34. The van der Waals surface area contributed by atoms with Gasteiger partial charge in [0, 0.05) is 13.1 Å². The maximum atomic E-state index is 12.9. The summed E-state index contributed by atoms with van der Waals surface area (Å²) in [4.78, 5) is 1.99. The van der Waals surface area contributed by atoms with Crippen LogP contribution < -0.4 is 5.32 Å². The Morgan fingerprint density at radius 1 is 1.29 bits per heavy atom. The summed E-state index contributed by atoms with van der Waals surface area (Å²) in [6.07, 6.45) is -5.26. The van der Waals surface area contributed by atoms with E-state index in [9.17, 15) is 18.3 Å². The Hall–Kier alpha value is -0.980. The van der Waals surface area contributed by atoms with Crippen LogP contribution in [0.25, 0.3) is 0 Å². The third kappa shape index (κ3) is 5.37. The van der Waals surface area contributed by atoms with Crippen LogP contribution in [0.1, 0.15) is 19.4 Å². The Balaban J connectivity index is 2.75. The number of aliphatic hydroxyl groups is 1. The van der Waals surface area contributed by atoms with Gasteiger partial charge in [0.05, 0.1) is 22.4 Å². The van der Waals surface area contributed by atoms with E-state index in [1.165, 1.54) is 12.1 Å². The molecule has 0 aliphatic carbocycles. The summed E-state index contributed by atoms with van der Waals surface area (Å²) >= 11 is 5.82. The number of halogens is 4. The lowest BCUT2D eigenvalue weighted by Gasteiger charge is -2.23. The highest BCUT2D eigenvalue weighted by Crippen LogP contribution is 2.38. The fourth-order valence-corrected chi connectivity index (χ4v) is 2.25. The van der Waals surface area contributed by atoms with E-state index in [0.29, 0.717) is 6.54 Å². The van der Waals surface area contributed by atoms with E-state index in [2.05, 4.69) is 5.32 Å². The number of benzene rings is 1. The number of hydrogen-bond donors (Lipinski definition) is 2. The number of hydrogen-bond acceptors (Lipinski definition) is 3. The second kappa shape index (κ2) is 7.87. The van der Waals surface area contributed by atoms with E-state index in [4.69, 9.17) is 11.6 Å². The molecule has 0 aliphatic rings. The van der Waals surface area contributed by atoms with Crippen molar-refractivity contribution in [3.05, 3.63) is 28.8 Å². The fraction of sp³-hybridized carbons (Fsp3) is 0.571. The molecule has 0 heterocycles. The number of anilines is 1. The van der Waals surface area contributed by atoms with Crippen LogP contribution in [0.2, 0.25) is 5.02 Å². The first-order valence-electron chi connectivity index (χ1n) is 6.79. The molecule has 0 aliphatic heterocycles. The molecule has 1 aromatic rings. The molecule has 3 nitrogen and oxygen atoms in total. The van der Waals surface area contributed by atoms with E-state index >= 15 is 0 Å².